The molecule has 20 heavy (non-hydrogen) atoms. The van der Waals surface area contributed by atoms with Gasteiger partial charge in [-0.15, -0.1) is 11.3 Å². The highest BCUT2D eigenvalue weighted by Crippen LogP contribution is 2.33. The summed E-state index contributed by atoms with van der Waals surface area (Å²) in [5, 5.41) is 1.50. The van der Waals surface area contributed by atoms with Crippen LogP contribution in [0.4, 0.5) is 5.82 Å². The molecule has 0 aliphatic heterocycles. The topological polar surface area (TPSA) is 29.0 Å². The van der Waals surface area contributed by atoms with Crippen molar-refractivity contribution in [1.29, 1.82) is 0 Å². The van der Waals surface area contributed by atoms with Crippen LogP contribution in [0.3, 0.4) is 0 Å². The first-order chi connectivity index (χ1) is 9.65. The minimum atomic E-state index is 0.356. The molecule has 0 saturated heterocycles. The third-order valence-electron chi connectivity index (χ3n) is 4.18. The second kappa shape index (κ2) is 5.86. The summed E-state index contributed by atoms with van der Waals surface area (Å²) in [7, 11) is 2.15. The number of fused-ring (bicyclic) bond motifs is 1. The van der Waals surface area contributed by atoms with Gasteiger partial charge in [0.2, 0.25) is 5.28 Å². The Kier molecular flexibility index (Phi) is 4.13. The third-order valence-corrected chi connectivity index (χ3v) is 5.29. The monoisotopic (exact) mass is 309 g/mol. The van der Waals surface area contributed by atoms with Gasteiger partial charge in [-0.1, -0.05) is 25.7 Å². The fraction of sp³-hybridized carbons (Fsp3) is 0.600. The number of aryl methyl sites for hydroxylation is 1. The summed E-state index contributed by atoms with van der Waals surface area (Å²) in [6.07, 6.45) is 7.87. The second-order valence-corrected chi connectivity index (χ2v) is 7.22. The Labute approximate surface area is 129 Å². The van der Waals surface area contributed by atoms with Gasteiger partial charge in [0.15, 0.2) is 0 Å². The Bertz CT molecular complexity index is 602. The molecule has 1 aliphatic carbocycles. The van der Waals surface area contributed by atoms with Crippen molar-refractivity contribution in [2.45, 2.75) is 51.5 Å². The van der Waals surface area contributed by atoms with E-state index in [0.29, 0.717) is 11.3 Å². The van der Waals surface area contributed by atoms with E-state index in [2.05, 4.69) is 34.9 Å². The molecule has 3 nitrogen and oxygen atoms in total. The molecule has 0 unspecified atom stereocenters. The lowest BCUT2D eigenvalue weighted by Crippen LogP contribution is -2.32. The SMILES string of the molecule is Cc1cc2c(N(C)C3CCCCCC3)nc(Cl)nc2s1. The Morgan fingerprint density at radius 2 is 1.90 bits per heavy atom. The van der Waals surface area contributed by atoms with Crippen molar-refractivity contribution in [3.8, 4) is 0 Å². The van der Waals surface area contributed by atoms with E-state index in [1.54, 1.807) is 11.3 Å². The van der Waals surface area contributed by atoms with Crippen molar-refractivity contribution in [3.63, 3.8) is 0 Å². The highest BCUT2D eigenvalue weighted by molar-refractivity contribution is 7.18. The fourth-order valence-corrected chi connectivity index (χ4v) is 4.18. The lowest BCUT2D eigenvalue weighted by atomic mass is 10.1. The highest BCUT2D eigenvalue weighted by Gasteiger charge is 2.21. The zero-order valence-corrected chi connectivity index (χ0v) is 13.6. The van der Waals surface area contributed by atoms with Crippen molar-refractivity contribution < 1.29 is 0 Å². The minimum Gasteiger partial charge on any atom is -0.356 e. The lowest BCUT2D eigenvalue weighted by Gasteiger charge is -2.28. The number of halogens is 1. The highest BCUT2D eigenvalue weighted by atomic mass is 35.5. The Morgan fingerprint density at radius 3 is 2.60 bits per heavy atom. The number of rotatable bonds is 2. The van der Waals surface area contributed by atoms with Gasteiger partial charge in [0.25, 0.3) is 0 Å². The van der Waals surface area contributed by atoms with E-state index in [1.807, 2.05) is 0 Å². The first kappa shape index (κ1) is 14.1. The second-order valence-electron chi connectivity index (χ2n) is 5.65. The van der Waals surface area contributed by atoms with E-state index >= 15 is 0 Å². The Morgan fingerprint density at radius 1 is 1.20 bits per heavy atom. The predicted molar refractivity (Wildman–Crippen MR) is 87.1 cm³/mol. The maximum absolute atomic E-state index is 6.11. The molecule has 1 saturated carbocycles. The molecule has 0 amide bonds. The summed E-state index contributed by atoms with van der Waals surface area (Å²) in [6, 6.07) is 2.76. The predicted octanol–water partition coefficient (Wildman–Crippen LogP) is 4.81. The van der Waals surface area contributed by atoms with Crippen LogP contribution in [-0.2, 0) is 0 Å². The van der Waals surface area contributed by atoms with Crippen LogP contribution in [0.1, 0.15) is 43.4 Å². The van der Waals surface area contributed by atoms with E-state index in [9.17, 15) is 0 Å². The van der Waals surface area contributed by atoms with Crippen LogP contribution in [0.5, 0.6) is 0 Å². The van der Waals surface area contributed by atoms with Crippen molar-refractivity contribution >= 4 is 39.0 Å². The summed E-state index contributed by atoms with van der Waals surface area (Å²) in [6.45, 7) is 2.11. The average Bonchev–Trinajstić information content (AvgIpc) is 2.65. The van der Waals surface area contributed by atoms with Gasteiger partial charge in [0, 0.05) is 18.0 Å². The van der Waals surface area contributed by atoms with Crippen molar-refractivity contribution in [2.24, 2.45) is 0 Å². The first-order valence-corrected chi connectivity index (χ1v) is 8.51. The number of anilines is 1. The van der Waals surface area contributed by atoms with Crippen LogP contribution >= 0.6 is 22.9 Å². The minimum absolute atomic E-state index is 0.356. The normalized spacial score (nSPS) is 17.4. The maximum Gasteiger partial charge on any atom is 0.225 e. The standard InChI is InChI=1S/C15H20ClN3S/c1-10-9-12-13(17-15(16)18-14(12)20-10)19(2)11-7-5-3-4-6-8-11/h9,11H,3-8H2,1-2H3. The summed E-state index contributed by atoms with van der Waals surface area (Å²) >= 11 is 7.79. The van der Waals surface area contributed by atoms with Gasteiger partial charge in [0.1, 0.15) is 10.6 Å². The van der Waals surface area contributed by atoms with Crippen molar-refractivity contribution in [1.82, 2.24) is 9.97 Å². The molecule has 2 aromatic rings. The zero-order chi connectivity index (χ0) is 14.1. The molecule has 108 valence electrons. The smallest absolute Gasteiger partial charge is 0.225 e. The van der Waals surface area contributed by atoms with Crippen LogP contribution in [-0.4, -0.2) is 23.1 Å². The summed E-state index contributed by atoms with van der Waals surface area (Å²) in [5.41, 5.74) is 0. The lowest BCUT2D eigenvalue weighted by molar-refractivity contribution is 0.550. The molecule has 0 spiro atoms. The van der Waals surface area contributed by atoms with Crippen LogP contribution in [0.2, 0.25) is 5.28 Å². The maximum atomic E-state index is 6.11. The number of hydrogen-bond donors (Lipinski definition) is 0. The third kappa shape index (κ3) is 2.77. The van der Waals surface area contributed by atoms with Crippen LogP contribution < -0.4 is 4.90 Å². The van der Waals surface area contributed by atoms with Crippen molar-refractivity contribution in [3.05, 3.63) is 16.2 Å². The quantitative estimate of drug-likeness (QED) is 0.588. The molecule has 0 radical (unpaired) electrons. The van der Waals surface area contributed by atoms with E-state index < -0.39 is 0 Å². The van der Waals surface area contributed by atoms with Gasteiger partial charge < -0.3 is 4.90 Å². The Hall–Kier alpha value is -0.870. The average molecular weight is 310 g/mol. The van der Waals surface area contributed by atoms with Crippen LogP contribution in [0.25, 0.3) is 10.2 Å². The molecule has 0 atom stereocenters. The molecule has 3 rings (SSSR count). The molecular formula is C15H20ClN3S. The molecule has 2 aromatic heterocycles. The van der Waals surface area contributed by atoms with Crippen LogP contribution in [0.15, 0.2) is 6.07 Å². The molecule has 0 aromatic carbocycles. The fourth-order valence-electron chi connectivity index (χ4n) is 3.09. The summed E-state index contributed by atoms with van der Waals surface area (Å²) in [4.78, 5) is 13.4. The number of hydrogen-bond acceptors (Lipinski definition) is 4. The Balaban J connectivity index is 1.99. The van der Waals surface area contributed by atoms with Gasteiger partial charge in [-0.25, -0.2) is 4.98 Å². The molecule has 0 bridgehead atoms. The van der Waals surface area contributed by atoms with Gasteiger partial charge in [0.05, 0.1) is 5.39 Å². The largest absolute Gasteiger partial charge is 0.356 e. The molecular weight excluding hydrogens is 290 g/mol. The van der Waals surface area contributed by atoms with E-state index in [0.717, 1.165) is 16.0 Å². The van der Waals surface area contributed by atoms with Crippen molar-refractivity contribution in [2.75, 3.05) is 11.9 Å². The van der Waals surface area contributed by atoms with E-state index in [1.165, 1.54) is 43.4 Å². The molecule has 1 fully saturated rings. The summed E-state index contributed by atoms with van der Waals surface area (Å²) in [5.74, 6) is 0.997. The van der Waals surface area contributed by atoms with Gasteiger partial charge in [-0.2, -0.15) is 4.98 Å². The van der Waals surface area contributed by atoms with Gasteiger partial charge in [-0.3, -0.25) is 0 Å². The molecule has 0 N–H and O–H groups in total. The summed E-state index contributed by atoms with van der Waals surface area (Å²) < 4.78 is 0. The van der Waals surface area contributed by atoms with E-state index in [4.69, 9.17) is 11.6 Å². The molecule has 1 aliphatic rings. The van der Waals surface area contributed by atoms with Gasteiger partial charge in [-0.05, 0) is 37.4 Å². The van der Waals surface area contributed by atoms with E-state index in [-0.39, 0.29) is 0 Å². The molecule has 5 heteroatoms. The number of nitrogens with zero attached hydrogens (tertiary/aromatic N) is 3. The molecule has 2 heterocycles. The zero-order valence-electron chi connectivity index (χ0n) is 12.0. The number of aromatic nitrogens is 2. The number of thiophene rings is 1. The van der Waals surface area contributed by atoms with Crippen LogP contribution in [0, 0.1) is 6.92 Å². The first-order valence-electron chi connectivity index (χ1n) is 7.31. The van der Waals surface area contributed by atoms with Gasteiger partial charge >= 0.3 is 0 Å².